The van der Waals surface area contributed by atoms with Crippen molar-refractivity contribution in [3.05, 3.63) is 0 Å². The van der Waals surface area contributed by atoms with Gasteiger partial charge in [-0.05, 0) is 25.7 Å². The normalized spacial score (nSPS) is 30.6. The van der Waals surface area contributed by atoms with Gasteiger partial charge >= 0.3 is 0 Å². The maximum absolute atomic E-state index is 7.80. The van der Waals surface area contributed by atoms with Gasteiger partial charge in [-0.15, -0.1) is 0 Å². The zero-order chi connectivity index (χ0) is 9.10. The molecule has 0 amide bonds. The van der Waals surface area contributed by atoms with E-state index in [1.807, 2.05) is 0 Å². The second kappa shape index (κ2) is 4.09. The fourth-order valence-electron chi connectivity index (χ4n) is 2.30. The first-order valence-corrected chi connectivity index (χ1v) is 5.30. The van der Waals surface area contributed by atoms with Gasteiger partial charge < -0.3 is 9.64 Å². The monoisotopic (exact) mass is 182 g/mol. The zero-order valence-corrected chi connectivity index (χ0v) is 8.09. The molecule has 0 saturated carbocycles. The smallest absolute Gasteiger partial charge is 0.0960 e. The Morgan fingerprint density at radius 2 is 2.15 bits per heavy atom. The first-order valence-electron chi connectivity index (χ1n) is 5.30. The molecule has 0 spiro atoms. The number of hydrogen-bond donors (Lipinski definition) is 1. The number of nitrogens with zero attached hydrogens (tertiary/aromatic N) is 1. The predicted molar refractivity (Wildman–Crippen MR) is 52.1 cm³/mol. The van der Waals surface area contributed by atoms with Gasteiger partial charge in [0.05, 0.1) is 5.84 Å². The summed E-state index contributed by atoms with van der Waals surface area (Å²) in [4.78, 5) is 2.29. The average Bonchev–Trinajstić information content (AvgIpc) is 2.43. The highest BCUT2D eigenvalue weighted by atomic mass is 16.5. The van der Waals surface area contributed by atoms with Crippen LogP contribution in [0.3, 0.4) is 0 Å². The molecule has 0 aliphatic carbocycles. The lowest BCUT2D eigenvalue weighted by atomic mass is 10.1. The molecule has 3 nitrogen and oxygen atoms in total. The highest BCUT2D eigenvalue weighted by molar-refractivity contribution is 5.81. The molecule has 2 heterocycles. The Hall–Kier alpha value is -0.570. The summed E-state index contributed by atoms with van der Waals surface area (Å²) in [6.45, 7) is 2.90. The topological polar surface area (TPSA) is 36.3 Å². The lowest BCUT2D eigenvalue weighted by Gasteiger charge is -2.27. The third-order valence-corrected chi connectivity index (χ3v) is 3.02. The second-order valence-corrected chi connectivity index (χ2v) is 3.94. The van der Waals surface area contributed by atoms with Crippen LogP contribution in [0.1, 0.15) is 32.1 Å². The number of rotatable bonds is 1. The number of likely N-dealkylation sites (tertiary alicyclic amines) is 1. The fourth-order valence-corrected chi connectivity index (χ4v) is 2.30. The zero-order valence-electron chi connectivity index (χ0n) is 8.09. The van der Waals surface area contributed by atoms with Gasteiger partial charge in [-0.2, -0.15) is 0 Å². The number of nitrogens with one attached hydrogen (secondary N) is 1. The van der Waals surface area contributed by atoms with Crippen LogP contribution >= 0.6 is 0 Å². The van der Waals surface area contributed by atoms with Crippen molar-refractivity contribution >= 4 is 5.84 Å². The van der Waals surface area contributed by atoms with E-state index in [1.165, 1.54) is 12.8 Å². The van der Waals surface area contributed by atoms with E-state index in [2.05, 4.69) is 4.90 Å². The Bertz CT molecular complexity index is 185. The Morgan fingerprint density at radius 1 is 1.23 bits per heavy atom. The molecule has 2 fully saturated rings. The minimum absolute atomic E-state index is 0.595. The van der Waals surface area contributed by atoms with Crippen molar-refractivity contribution in [1.82, 2.24) is 4.90 Å². The molecule has 1 atom stereocenters. The Balaban J connectivity index is 1.93. The van der Waals surface area contributed by atoms with Crippen LogP contribution in [0.5, 0.6) is 0 Å². The van der Waals surface area contributed by atoms with Crippen molar-refractivity contribution in [3.8, 4) is 0 Å². The van der Waals surface area contributed by atoms with Crippen molar-refractivity contribution in [1.29, 1.82) is 5.41 Å². The van der Waals surface area contributed by atoms with Crippen LogP contribution in [0, 0.1) is 5.41 Å². The van der Waals surface area contributed by atoms with Crippen molar-refractivity contribution < 1.29 is 4.74 Å². The van der Waals surface area contributed by atoms with E-state index >= 15 is 0 Å². The van der Waals surface area contributed by atoms with E-state index in [-0.39, 0.29) is 0 Å². The minimum atomic E-state index is 0.595. The SMILES string of the molecule is N=C1CCCN1C1CCCOCC1. The predicted octanol–water partition coefficient (Wildman–Crippen LogP) is 1.63. The highest BCUT2D eigenvalue weighted by Gasteiger charge is 2.25. The molecule has 1 unspecified atom stereocenters. The summed E-state index contributed by atoms with van der Waals surface area (Å²) in [5.74, 6) is 0.854. The largest absolute Gasteiger partial charge is 0.381 e. The molecule has 0 aromatic heterocycles. The summed E-state index contributed by atoms with van der Waals surface area (Å²) in [6.07, 6.45) is 5.65. The van der Waals surface area contributed by atoms with Crippen LogP contribution in [-0.4, -0.2) is 36.5 Å². The van der Waals surface area contributed by atoms with Crippen molar-refractivity contribution in [3.63, 3.8) is 0 Å². The fraction of sp³-hybridized carbons (Fsp3) is 0.900. The van der Waals surface area contributed by atoms with Gasteiger partial charge in [0.2, 0.25) is 0 Å². The summed E-state index contributed by atoms with van der Waals surface area (Å²) < 4.78 is 5.42. The molecule has 74 valence electrons. The average molecular weight is 182 g/mol. The van der Waals surface area contributed by atoms with E-state index in [9.17, 15) is 0 Å². The number of amidine groups is 1. The van der Waals surface area contributed by atoms with Gasteiger partial charge in [-0.3, -0.25) is 5.41 Å². The minimum Gasteiger partial charge on any atom is -0.381 e. The lowest BCUT2D eigenvalue weighted by molar-refractivity contribution is 0.139. The number of ether oxygens (including phenoxy) is 1. The summed E-state index contributed by atoms with van der Waals surface area (Å²) in [5, 5.41) is 7.80. The summed E-state index contributed by atoms with van der Waals surface area (Å²) in [5.41, 5.74) is 0. The maximum Gasteiger partial charge on any atom is 0.0960 e. The highest BCUT2D eigenvalue weighted by Crippen LogP contribution is 2.21. The first kappa shape index (κ1) is 9.00. The maximum atomic E-state index is 7.80. The Morgan fingerprint density at radius 3 is 2.92 bits per heavy atom. The molecular weight excluding hydrogens is 164 g/mol. The molecule has 0 bridgehead atoms. The first-order chi connectivity index (χ1) is 6.38. The van der Waals surface area contributed by atoms with Gasteiger partial charge in [-0.25, -0.2) is 0 Å². The van der Waals surface area contributed by atoms with Gasteiger partial charge in [0.15, 0.2) is 0 Å². The van der Waals surface area contributed by atoms with E-state index in [0.717, 1.165) is 44.9 Å². The molecule has 0 aromatic rings. The van der Waals surface area contributed by atoms with Gasteiger partial charge in [-0.1, -0.05) is 0 Å². The van der Waals surface area contributed by atoms with Crippen LogP contribution in [0.15, 0.2) is 0 Å². The number of hydrogen-bond acceptors (Lipinski definition) is 2. The molecule has 0 radical (unpaired) electrons. The lowest BCUT2D eigenvalue weighted by Crippen LogP contribution is -2.35. The summed E-state index contributed by atoms with van der Waals surface area (Å²) >= 11 is 0. The van der Waals surface area contributed by atoms with Crippen LogP contribution in [-0.2, 0) is 4.74 Å². The molecule has 2 rings (SSSR count). The second-order valence-electron chi connectivity index (χ2n) is 3.94. The molecule has 1 N–H and O–H groups in total. The van der Waals surface area contributed by atoms with Gasteiger partial charge in [0.1, 0.15) is 0 Å². The molecule has 3 heteroatoms. The van der Waals surface area contributed by atoms with E-state index in [4.69, 9.17) is 10.1 Å². The standard InChI is InChI=1S/C10H18N2O/c11-10-4-1-6-12(10)9-3-2-7-13-8-5-9/h9,11H,1-8H2. The van der Waals surface area contributed by atoms with E-state index in [1.54, 1.807) is 0 Å². The van der Waals surface area contributed by atoms with Crippen LogP contribution in [0.4, 0.5) is 0 Å². The molecule has 13 heavy (non-hydrogen) atoms. The molecule has 2 saturated heterocycles. The molecule has 0 aromatic carbocycles. The Labute approximate surface area is 79.6 Å². The van der Waals surface area contributed by atoms with Crippen molar-refractivity contribution in [2.45, 2.75) is 38.1 Å². The molecule has 2 aliphatic heterocycles. The molecular formula is C10H18N2O. The van der Waals surface area contributed by atoms with Gasteiger partial charge in [0, 0.05) is 32.2 Å². The summed E-state index contributed by atoms with van der Waals surface area (Å²) in [7, 11) is 0. The van der Waals surface area contributed by atoms with E-state index < -0.39 is 0 Å². The van der Waals surface area contributed by atoms with Crippen LogP contribution in [0.25, 0.3) is 0 Å². The quantitative estimate of drug-likeness (QED) is 0.669. The van der Waals surface area contributed by atoms with Crippen LogP contribution in [0.2, 0.25) is 0 Å². The van der Waals surface area contributed by atoms with E-state index in [0.29, 0.717) is 6.04 Å². The van der Waals surface area contributed by atoms with Gasteiger partial charge in [0.25, 0.3) is 0 Å². The summed E-state index contributed by atoms with van der Waals surface area (Å²) in [6, 6.07) is 0.595. The third-order valence-electron chi connectivity index (χ3n) is 3.02. The van der Waals surface area contributed by atoms with Crippen molar-refractivity contribution in [2.75, 3.05) is 19.8 Å². The third kappa shape index (κ3) is 2.02. The van der Waals surface area contributed by atoms with Crippen LogP contribution < -0.4 is 0 Å². The Kier molecular flexibility index (Phi) is 2.83. The van der Waals surface area contributed by atoms with Crippen molar-refractivity contribution in [2.24, 2.45) is 0 Å². The molecule has 2 aliphatic rings.